The number of aliphatic carboxylic acids is 1. The van der Waals surface area contributed by atoms with E-state index >= 15 is 0 Å². The third kappa shape index (κ3) is 2.54. The van der Waals surface area contributed by atoms with E-state index in [9.17, 15) is 9.90 Å². The maximum Gasteiger partial charge on any atom is 0.305 e. The van der Waals surface area contributed by atoms with Crippen LogP contribution >= 0.6 is 0 Å². The second kappa shape index (κ2) is 5.49. The molecule has 0 bridgehead atoms. The minimum Gasteiger partial charge on any atom is -0.481 e. The lowest BCUT2D eigenvalue weighted by atomic mass is 9.83. The third-order valence-electron chi connectivity index (χ3n) is 4.67. The topological polar surface area (TPSA) is 40.5 Å². The number of fused-ring (bicyclic) bond motifs is 1. The first-order chi connectivity index (χ1) is 10.1. The fraction of sp³-hybridized carbons (Fsp3) is 0.389. The van der Waals surface area contributed by atoms with Crippen molar-refractivity contribution >= 4 is 16.7 Å². The Kier molecular flexibility index (Phi) is 3.68. The van der Waals surface area contributed by atoms with Crippen molar-refractivity contribution in [3.8, 4) is 0 Å². The lowest BCUT2D eigenvalue weighted by Gasteiger charge is -2.39. The molecule has 0 amide bonds. The zero-order chi connectivity index (χ0) is 14.9. The van der Waals surface area contributed by atoms with Gasteiger partial charge in [0.1, 0.15) is 0 Å². The Morgan fingerprint density at radius 2 is 1.81 bits per heavy atom. The largest absolute Gasteiger partial charge is 0.481 e. The average Bonchev–Trinajstić information content (AvgIpc) is 3.00. The Hall–Kier alpha value is -1.87. The van der Waals surface area contributed by atoms with Crippen molar-refractivity contribution in [1.29, 1.82) is 0 Å². The zero-order valence-corrected chi connectivity index (χ0v) is 12.4. The van der Waals surface area contributed by atoms with E-state index in [0.29, 0.717) is 0 Å². The second-order valence-corrected chi connectivity index (χ2v) is 6.07. The summed E-state index contributed by atoms with van der Waals surface area (Å²) in [4.78, 5) is 13.8. The zero-order valence-electron chi connectivity index (χ0n) is 12.4. The molecule has 1 unspecified atom stereocenters. The van der Waals surface area contributed by atoms with Crippen molar-refractivity contribution in [3.05, 3.63) is 48.0 Å². The molecule has 21 heavy (non-hydrogen) atoms. The number of carboxylic acids is 1. The van der Waals surface area contributed by atoms with E-state index < -0.39 is 11.5 Å². The maximum atomic E-state index is 11.5. The molecule has 3 rings (SSSR count). The molecule has 110 valence electrons. The number of benzene rings is 2. The van der Waals surface area contributed by atoms with Crippen LogP contribution in [-0.2, 0) is 10.3 Å². The van der Waals surface area contributed by atoms with Crippen LogP contribution < -0.4 is 0 Å². The minimum atomic E-state index is -0.739. The van der Waals surface area contributed by atoms with Crippen LogP contribution in [-0.4, -0.2) is 29.1 Å². The van der Waals surface area contributed by atoms with Gasteiger partial charge in [-0.25, -0.2) is 0 Å². The normalized spacial score (nSPS) is 18.7. The van der Waals surface area contributed by atoms with Crippen LogP contribution in [0.4, 0.5) is 0 Å². The molecule has 1 N–H and O–H groups in total. The highest BCUT2D eigenvalue weighted by atomic mass is 16.4. The summed E-state index contributed by atoms with van der Waals surface area (Å²) in [5.41, 5.74) is 0.688. The van der Waals surface area contributed by atoms with Gasteiger partial charge in [-0.15, -0.1) is 0 Å². The summed E-state index contributed by atoms with van der Waals surface area (Å²) in [6, 6.07) is 14.4. The van der Waals surface area contributed by atoms with Gasteiger partial charge in [0.2, 0.25) is 0 Å². The van der Waals surface area contributed by atoms with E-state index in [2.05, 4.69) is 36.1 Å². The van der Waals surface area contributed by atoms with Crippen molar-refractivity contribution in [2.45, 2.75) is 31.7 Å². The first kappa shape index (κ1) is 14.1. The molecule has 0 saturated carbocycles. The molecule has 1 fully saturated rings. The van der Waals surface area contributed by atoms with Crippen LogP contribution in [0.15, 0.2) is 42.5 Å². The highest BCUT2D eigenvalue weighted by Crippen LogP contribution is 2.38. The van der Waals surface area contributed by atoms with E-state index in [4.69, 9.17) is 0 Å². The first-order valence-electron chi connectivity index (χ1n) is 7.56. The van der Waals surface area contributed by atoms with Crippen molar-refractivity contribution in [2.24, 2.45) is 0 Å². The van der Waals surface area contributed by atoms with Crippen LogP contribution in [0.2, 0.25) is 0 Å². The number of nitrogens with zero attached hydrogens (tertiary/aromatic N) is 1. The predicted molar refractivity (Wildman–Crippen MR) is 84.4 cm³/mol. The van der Waals surface area contributed by atoms with Gasteiger partial charge in [-0.3, -0.25) is 9.69 Å². The molecule has 3 heteroatoms. The fourth-order valence-electron chi connectivity index (χ4n) is 3.58. The van der Waals surface area contributed by atoms with Gasteiger partial charge >= 0.3 is 5.97 Å². The van der Waals surface area contributed by atoms with Crippen LogP contribution in [0.1, 0.15) is 31.7 Å². The number of hydrogen-bond donors (Lipinski definition) is 1. The molecule has 2 aromatic rings. The lowest BCUT2D eigenvalue weighted by Crippen LogP contribution is -2.43. The lowest BCUT2D eigenvalue weighted by molar-refractivity contribution is -0.140. The highest BCUT2D eigenvalue weighted by molar-refractivity contribution is 5.87. The van der Waals surface area contributed by atoms with Crippen LogP contribution in [0, 0.1) is 0 Å². The highest BCUT2D eigenvalue weighted by Gasteiger charge is 2.38. The smallest absolute Gasteiger partial charge is 0.305 e. The van der Waals surface area contributed by atoms with E-state index in [1.165, 1.54) is 5.39 Å². The molecule has 1 aliphatic heterocycles. The average molecular weight is 283 g/mol. The first-order valence-corrected chi connectivity index (χ1v) is 7.56. The van der Waals surface area contributed by atoms with Gasteiger partial charge in [-0.05, 0) is 49.2 Å². The molecular weight excluding hydrogens is 262 g/mol. The monoisotopic (exact) mass is 283 g/mol. The molecule has 0 aliphatic carbocycles. The molecule has 1 aliphatic rings. The number of rotatable bonds is 4. The van der Waals surface area contributed by atoms with Gasteiger partial charge in [-0.2, -0.15) is 0 Å². The van der Waals surface area contributed by atoms with Gasteiger partial charge in [0.25, 0.3) is 0 Å². The van der Waals surface area contributed by atoms with E-state index in [-0.39, 0.29) is 6.42 Å². The van der Waals surface area contributed by atoms with E-state index in [0.717, 1.165) is 36.9 Å². The minimum absolute atomic E-state index is 0.140. The molecule has 1 heterocycles. The summed E-state index contributed by atoms with van der Waals surface area (Å²) >= 11 is 0. The summed E-state index contributed by atoms with van der Waals surface area (Å²) in [5, 5.41) is 11.8. The molecule has 0 aromatic heterocycles. The van der Waals surface area contributed by atoms with Gasteiger partial charge in [0.05, 0.1) is 12.0 Å². The molecule has 1 atom stereocenters. The van der Waals surface area contributed by atoms with Gasteiger partial charge < -0.3 is 5.11 Å². The van der Waals surface area contributed by atoms with Crippen molar-refractivity contribution in [3.63, 3.8) is 0 Å². The number of hydrogen-bond acceptors (Lipinski definition) is 2. The van der Waals surface area contributed by atoms with Crippen LogP contribution in [0.25, 0.3) is 10.8 Å². The van der Waals surface area contributed by atoms with Gasteiger partial charge in [0, 0.05) is 0 Å². The fourth-order valence-corrected chi connectivity index (χ4v) is 3.58. The van der Waals surface area contributed by atoms with Crippen molar-refractivity contribution < 1.29 is 9.90 Å². The van der Waals surface area contributed by atoms with E-state index in [1.54, 1.807) is 0 Å². The van der Waals surface area contributed by atoms with Crippen molar-refractivity contribution in [1.82, 2.24) is 4.90 Å². The van der Waals surface area contributed by atoms with Crippen molar-refractivity contribution in [2.75, 3.05) is 13.1 Å². The predicted octanol–water partition coefficient (Wildman–Crippen LogP) is 3.63. The molecule has 0 spiro atoms. The Morgan fingerprint density at radius 3 is 2.52 bits per heavy atom. The second-order valence-electron chi connectivity index (χ2n) is 6.07. The quantitative estimate of drug-likeness (QED) is 0.931. The Balaban J connectivity index is 2.16. The molecule has 0 radical (unpaired) electrons. The molecule has 2 aromatic carbocycles. The molecule has 1 saturated heterocycles. The summed E-state index contributed by atoms with van der Waals surface area (Å²) in [7, 11) is 0. The van der Waals surface area contributed by atoms with E-state index in [1.807, 2.05) is 18.2 Å². The molecular formula is C18H21NO2. The molecule has 3 nitrogen and oxygen atoms in total. The number of carbonyl (C=O) groups is 1. The Bertz CT molecular complexity index is 656. The van der Waals surface area contributed by atoms with Crippen LogP contribution in [0.3, 0.4) is 0 Å². The summed E-state index contributed by atoms with van der Waals surface area (Å²) < 4.78 is 0. The number of carboxylic acid groups (broad SMARTS) is 1. The standard InChI is InChI=1S/C18H21NO2/c1-18(13-17(20)21,19-11-4-5-12-19)16-10-6-8-14-7-2-3-9-15(14)16/h2-3,6-10H,4-5,11-13H2,1H3,(H,20,21). The van der Waals surface area contributed by atoms with Gasteiger partial charge in [-0.1, -0.05) is 42.5 Å². The number of likely N-dealkylation sites (tertiary alicyclic amines) is 1. The SMILES string of the molecule is CC(CC(=O)O)(c1cccc2ccccc12)N1CCCC1. The third-order valence-corrected chi connectivity index (χ3v) is 4.67. The Morgan fingerprint density at radius 1 is 1.14 bits per heavy atom. The summed E-state index contributed by atoms with van der Waals surface area (Å²) in [6.45, 7) is 4.04. The Labute approximate surface area is 125 Å². The van der Waals surface area contributed by atoms with Gasteiger partial charge in [0.15, 0.2) is 0 Å². The summed E-state index contributed by atoms with van der Waals surface area (Å²) in [5.74, 6) is -0.739. The maximum absolute atomic E-state index is 11.5. The summed E-state index contributed by atoms with van der Waals surface area (Å²) in [6.07, 6.45) is 2.45. The van der Waals surface area contributed by atoms with Crippen LogP contribution in [0.5, 0.6) is 0 Å².